The molecule has 0 saturated carbocycles. The first kappa shape index (κ1) is 36.5. The number of hydrogen-bond donors (Lipinski definition) is 0. The summed E-state index contributed by atoms with van der Waals surface area (Å²) in [7, 11) is 1.52. The molecule has 0 unspecified atom stereocenters. The van der Waals surface area contributed by atoms with Gasteiger partial charge in [-0.3, -0.25) is 4.90 Å². The zero-order valence-corrected chi connectivity index (χ0v) is 31.7. The third-order valence-corrected chi connectivity index (χ3v) is 11.6. The van der Waals surface area contributed by atoms with E-state index in [1.165, 1.54) is 24.5 Å². The minimum absolute atomic E-state index is 0.00872. The Labute approximate surface area is 316 Å². The van der Waals surface area contributed by atoms with Gasteiger partial charge in [0.25, 0.3) is 5.19 Å². The van der Waals surface area contributed by atoms with Crippen LogP contribution >= 0.6 is 11.3 Å². The molecule has 2 aromatic heterocycles. The van der Waals surface area contributed by atoms with Gasteiger partial charge in [-0.2, -0.15) is 15.0 Å². The average molecular weight is 763 g/mol. The molecule has 5 saturated heterocycles. The first-order valence-corrected chi connectivity index (χ1v) is 19.2. The number of ether oxygens (including phenoxy) is 5. The zero-order chi connectivity index (χ0) is 37.8. The predicted octanol–water partition coefficient (Wildman–Crippen LogP) is 6.93. The van der Waals surface area contributed by atoms with Crippen molar-refractivity contribution in [2.75, 3.05) is 58.1 Å². The Morgan fingerprint density at radius 3 is 2.76 bits per heavy atom. The third-order valence-electron chi connectivity index (χ3n) is 10.8. The number of terminal acetylenes is 1. The van der Waals surface area contributed by atoms with Gasteiger partial charge in [-0.25, -0.2) is 13.6 Å². The van der Waals surface area contributed by atoms with Gasteiger partial charge in [0.05, 0.1) is 17.1 Å². The van der Waals surface area contributed by atoms with E-state index in [0.717, 1.165) is 32.2 Å². The lowest BCUT2D eigenvalue weighted by Crippen LogP contribution is -2.49. The third kappa shape index (κ3) is 7.07. The van der Waals surface area contributed by atoms with Gasteiger partial charge in [0.2, 0.25) is 0 Å². The molecule has 4 aromatic rings. The average Bonchev–Trinajstić information content (AvgIpc) is 3.70. The van der Waals surface area contributed by atoms with Gasteiger partial charge in [0.15, 0.2) is 17.4 Å². The van der Waals surface area contributed by atoms with Gasteiger partial charge in [-0.05, 0) is 76.4 Å². The van der Waals surface area contributed by atoms with Gasteiger partial charge in [0, 0.05) is 51.2 Å². The SMILES string of the molecule is C#Cc1c(F)ccc2cc(OCOC)cc(Oc3nc4c(N5C[C@@H]6CC[C@H](C5)N(C(=O)OC(C)(C)C)C6)nc(OC[C@@]56CCCN5C[C@H](F)C6)nc4s3)c12. The number of nitrogens with zero attached hydrogens (tertiary/aromatic N) is 6. The number of methoxy groups -OCH3 is 1. The molecule has 286 valence electrons. The Morgan fingerprint density at radius 1 is 1.11 bits per heavy atom. The van der Waals surface area contributed by atoms with Crippen molar-refractivity contribution in [2.45, 2.75) is 76.2 Å². The molecule has 2 aromatic carbocycles. The summed E-state index contributed by atoms with van der Waals surface area (Å²) in [5, 5.41) is 1.23. The minimum atomic E-state index is -0.896. The molecule has 4 atom stereocenters. The summed E-state index contributed by atoms with van der Waals surface area (Å²) >= 11 is 1.19. The van der Waals surface area contributed by atoms with E-state index in [4.69, 9.17) is 45.1 Å². The van der Waals surface area contributed by atoms with Crippen LogP contribution < -0.4 is 19.1 Å². The number of piperidine rings is 1. The number of benzene rings is 2. The van der Waals surface area contributed by atoms with Crippen molar-refractivity contribution in [3.63, 3.8) is 0 Å². The Kier molecular flexibility index (Phi) is 9.64. The summed E-state index contributed by atoms with van der Waals surface area (Å²) in [6, 6.07) is 6.34. The maximum absolute atomic E-state index is 15.0. The fraction of sp³-hybridized carbons (Fsp3) is 0.538. The molecule has 0 N–H and O–H groups in total. The molecule has 7 heterocycles. The highest BCUT2D eigenvalue weighted by Crippen LogP contribution is 2.43. The van der Waals surface area contributed by atoms with Crippen LogP contribution in [-0.2, 0) is 9.47 Å². The highest BCUT2D eigenvalue weighted by atomic mass is 32.1. The lowest BCUT2D eigenvalue weighted by molar-refractivity contribution is 0.00808. The first-order valence-electron chi connectivity index (χ1n) is 18.4. The number of carbonyl (C=O) groups excluding carboxylic acids is 1. The van der Waals surface area contributed by atoms with Crippen molar-refractivity contribution in [2.24, 2.45) is 5.92 Å². The van der Waals surface area contributed by atoms with Crippen LogP contribution in [0.15, 0.2) is 24.3 Å². The van der Waals surface area contributed by atoms with Crippen molar-refractivity contribution in [3.05, 3.63) is 35.6 Å². The predicted molar refractivity (Wildman–Crippen MR) is 200 cm³/mol. The van der Waals surface area contributed by atoms with Crippen molar-refractivity contribution < 1.29 is 37.3 Å². The number of carbonyl (C=O) groups is 1. The number of alkyl halides is 1. The molecule has 9 rings (SSSR count). The molecular weight excluding hydrogens is 719 g/mol. The maximum Gasteiger partial charge on any atom is 0.410 e. The largest absolute Gasteiger partial charge is 0.467 e. The van der Waals surface area contributed by atoms with E-state index in [-0.39, 0.29) is 54.0 Å². The van der Waals surface area contributed by atoms with Crippen LogP contribution in [0, 0.1) is 24.1 Å². The Morgan fingerprint density at radius 2 is 1.96 bits per heavy atom. The van der Waals surface area contributed by atoms with Crippen LogP contribution in [0.25, 0.3) is 21.1 Å². The second-order valence-electron chi connectivity index (χ2n) is 15.7. The second-order valence-corrected chi connectivity index (χ2v) is 16.6. The molecule has 1 amide bonds. The lowest BCUT2D eigenvalue weighted by atomic mass is 9.95. The summed E-state index contributed by atoms with van der Waals surface area (Å²) in [5.74, 6) is 3.31. The van der Waals surface area contributed by atoms with Crippen LogP contribution in [0.3, 0.4) is 0 Å². The van der Waals surface area contributed by atoms with Crippen molar-refractivity contribution in [1.29, 1.82) is 0 Å². The smallest absolute Gasteiger partial charge is 0.410 e. The van der Waals surface area contributed by atoms with Gasteiger partial charge < -0.3 is 33.5 Å². The van der Waals surface area contributed by atoms with E-state index >= 15 is 4.39 Å². The van der Waals surface area contributed by atoms with Crippen molar-refractivity contribution >= 4 is 44.4 Å². The molecule has 2 bridgehead atoms. The lowest BCUT2D eigenvalue weighted by Gasteiger charge is -2.37. The number of anilines is 1. The molecule has 5 aliphatic rings. The van der Waals surface area contributed by atoms with Gasteiger partial charge >= 0.3 is 12.1 Å². The summed E-state index contributed by atoms with van der Waals surface area (Å²) in [4.78, 5) is 34.7. The summed E-state index contributed by atoms with van der Waals surface area (Å²) in [6.45, 7) is 8.82. The Balaban J connectivity index is 1.17. The number of fused-ring (bicyclic) bond motifs is 7. The number of aromatic nitrogens is 3. The number of halogens is 2. The molecule has 12 nitrogen and oxygen atoms in total. The van der Waals surface area contributed by atoms with E-state index in [2.05, 4.69) is 15.7 Å². The van der Waals surface area contributed by atoms with Crippen LogP contribution in [0.4, 0.5) is 19.4 Å². The number of hydrogen-bond acceptors (Lipinski definition) is 12. The quantitative estimate of drug-likeness (QED) is 0.131. The highest BCUT2D eigenvalue weighted by molar-refractivity contribution is 7.19. The number of amides is 1. The number of rotatable bonds is 9. The van der Waals surface area contributed by atoms with E-state index in [0.29, 0.717) is 65.3 Å². The van der Waals surface area contributed by atoms with Gasteiger partial charge in [-0.1, -0.05) is 23.3 Å². The Hall–Kier alpha value is -4.52. The molecule has 0 aliphatic carbocycles. The molecule has 54 heavy (non-hydrogen) atoms. The molecule has 0 spiro atoms. The number of thiazole rings is 1. The topological polar surface area (TPSA) is 112 Å². The molecule has 0 radical (unpaired) electrons. The van der Waals surface area contributed by atoms with Gasteiger partial charge in [0.1, 0.15) is 41.2 Å². The summed E-state index contributed by atoms with van der Waals surface area (Å²) < 4.78 is 59.1. The highest BCUT2D eigenvalue weighted by Gasteiger charge is 2.49. The van der Waals surface area contributed by atoms with Gasteiger partial charge in [-0.15, -0.1) is 6.42 Å². The van der Waals surface area contributed by atoms with Crippen LogP contribution in [-0.4, -0.2) is 107 Å². The summed E-state index contributed by atoms with van der Waals surface area (Å²) in [6.07, 6.45) is 8.59. The maximum atomic E-state index is 15.0. The van der Waals surface area contributed by atoms with Crippen molar-refractivity contribution in [1.82, 2.24) is 24.8 Å². The van der Waals surface area contributed by atoms with E-state index in [1.54, 1.807) is 18.2 Å². The fourth-order valence-corrected chi connectivity index (χ4v) is 9.24. The van der Waals surface area contributed by atoms with Crippen molar-refractivity contribution in [3.8, 4) is 35.0 Å². The molecule has 5 fully saturated rings. The van der Waals surface area contributed by atoms with E-state index in [9.17, 15) is 9.18 Å². The standard InChI is InChI=1S/C39H44F2N6O6S/c1-6-28-29(41)11-9-24-14-27(51-22-49-5)15-30(31(24)28)52-36-42-32-33(45-17-23-8-10-26(20-45)47(18-23)37(48)53-38(2,3)4)43-35(44-34(32)54-36)50-21-39-12-7-13-46(39)19-25(40)16-39/h1,9,11,14-15,23,25-26H,7-8,10,12-13,16-22H2,2-5H3/t23-,25+,26+,39-/m0/s1. The Bertz CT molecular complexity index is 2120. The first-order chi connectivity index (χ1) is 25.9. The summed E-state index contributed by atoms with van der Waals surface area (Å²) in [5.41, 5.74) is -0.461. The van der Waals surface area contributed by atoms with Crippen LogP contribution in [0.1, 0.15) is 58.4 Å². The second kappa shape index (κ2) is 14.3. The monoisotopic (exact) mass is 762 g/mol. The molecule has 5 aliphatic heterocycles. The molecular formula is C39H44F2N6O6S. The zero-order valence-electron chi connectivity index (χ0n) is 30.9. The molecule has 15 heteroatoms. The van der Waals surface area contributed by atoms with Crippen LogP contribution in [0.5, 0.6) is 22.7 Å². The minimum Gasteiger partial charge on any atom is -0.467 e. The van der Waals surface area contributed by atoms with E-state index < -0.39 is 23.1 Å². The van der Waals surface area contributed by atoms with E-state index in [1.807, 2.05) is 25.7 Å². The fourth-order valence-electron chi connectivity index (χ4n) is 8.45. The van der Waals surface area contributed by atoms with Crippen LogP contribution in [0.2, 0.25) is 0 Å². The normalized spacial score (nSPS) is 24.1.